The summed E-state index contributed by atoms with van der Waals surface area (Å²) in [4.78, 5) is 15.1. The second kappa shape index (κ2) is 9.09. The molecule has 0 radical (unpaired) electrons. The highest BCUT2D eigenvalue weighted by Crippen LogP contribution is 2.42. The van der Waals surface area contributed by atoms with Crippen molar-refractivity contribution in [1.29, 1.82) is 0 Å². The van der Waals surface area contributed by atoms with Crippen LogP contribution >= 0.6 is 0 Å². The third-order valence-electron chi connectivity index (χ3n) is 5.18. The van der Waals surface area contributed by atoms with Gasteiger partial charge in [-0.3, -0.25) is 9.69 Å². The topological polar surface area (TPSA) is 77.5 Å². The van der Waals surface area contributed by atoms with Crippen LogP contribution in [0.1, 0.15) is 35.3 Å². The Balaban J connectivity index is 2.01. The number of rotatable bonds is 8. The maximum atomic E-state index is 12.9. The fourth-order valence-corrected chi connectivity index (χ4v) is 3.46. The number of benzene rings is 2. The van der Waals surface area contributed by atoms with E-state index in [1.165, 1.54) is 21.3 Å². The molecule has 2 aromatic carbocycles. The lowest BCUT2D eigenvalue weighted by Gasteiger charge is -2.20. The number of ketones is 1. The summed E-state index contributed by atoms with van der Waals surface area (Å²) in [5.74, 6) is 1.88. The van der Waals surface area contributed by atoms with Gasteiger partial charge in [0.15, 0.2) is 17.3 Å². The van der Waals surface area contributed by atoms with Gasteiger partial charge in [0.1, 0.15) is 11.5 Å². The van der Waals surface area contributed by atoms with Crippen LogP contribution in [-0.2, 0) is 6.54 Å². The first-order valence-corrected chi connectivity index (χ1v) is 9.78. The van der Waals surface area contributed by atoms with Gasteiger partial charge >= 0.3 is 0 Å². The molecule has 160 valence electrons. The fourth-order valence-electron chi connectivity index (χ4n) is 3.46. The summed E-state index contributed by atoms with van der Waals surface area (Å²) in [5, 5.41) is 10.4. The zero-order chi connectivity index (χ0) is 21.8. The van der Waals surface area contributed by atoms with Crippen molar-refractivity contribution in [3.05, 3.63) is 46.7 Å². The Hall–Kier alpha value is -3.19. The number of methoxy groups -OCH3 is 3. The largest absolute Gasteiger partial charge is 0.507 e. The summed E-state index contributed by atoms with van der Waals surface area (Å²) in [6.07, 6.45) is 1.63. The molecule has 0 saturated carbocycles. The number of carbonyl (C=O) groups is 1. The van der Waals surface area contributed by atoms with Crippen LogP contribution in [0, 0.1) is 0 Å². The lowest BCUT2D eigenvalue weighted by molar-refractivity contribution is 0.101. The molecule has 0 unspecified atom stereocenters. The summed E-state index contributed by atoms with van der Waals surface area (Å²) in [5.41, 5.74) is 1.71. The van der Waals surface area contributed by atoms with Crippen LogP contribution < -0.4 is 18.9 Å². The molecule has 7 nitrogen and oxygen atoms in total. The van der Waals surface area contributed by atoms with Crippen molar-refractivity contribution in [3.8, 4) is 28.7 Å². The van der Waals surface area contributed by atoms with Crippen LogP contribution in [-0.4, -0.2) is 50.2 Å². The van der Waals surface area contributed by atoms with Gasteiger partial charge in [-0.2, -0.15) is 0 Å². The first-order chi connectivity index (χ1) is 14.5. The minimum atomic E-state index is -0.237. The van der Waals surface area contributed by atoms with E-state index in [9.17, 15) is 9.90 Å². The minimum absolute atomic E-state index is 0.113. The molecule has 0 aromatic heterocycles. The average Bonchev–Trinajstić information content (AvgIpc) is 3.07. The van der Waals surface area contributed by atoms with E-state index < -0.39 is 0 Å². The molecule has 1 aliphatic rings. The maximum absolute atomic E-state index is 12.9. The third kappa shape index (κ3) is 3.93. The van der Waals surface area contributed by atoms with E-state index in [4.69, 9.17) is 18.9 Å². The molecule has 0 bridgehead atoms. The highest BCUT2D eigenvalue weighted by Gasteiger charge is 2.31. The molecule has 0 spiro atoms. The number of nitrogens with zero attached hydrogens (tertiary/aromatic N) is 1. The number of phenolic OH excluding ortho intramolecular Hbond substituents is 1. The SMILES string of the molecule is CCN(CC)Cc1c(O)ccc2c1O/C(=C\c1cc(OC)c(OC)c(OC)c1)C2=O. The number of Topliss-reactive ketones (excluding diaryl/α,β-unsaturated/α-hetero) is 1. The van der Waals surface area contributed by atoms with Crippen LogP contribution in [0.25, 0.3) is 6.08 Å². The van der Waals surface area contributed by atoms with E-state index in [2.05, 4.69) is 4.90 Å². The molecule has 3 rings (SSSR count). The second-order valence-electron chi connectivity index (χ2n) is 6.80. The molecule has 0 fully saturated rings. The van der Waals surface area contributed by atoms with E-state index in [-0.39, 0.29) is 17.3 Å². The fraction of sp³-hybridized carbons (Fsp3) is 0.348. The zero-order valence-electron chi connectivity index (χ0n) is 17.9. The highest BCUT2D eigenvalue weighted by atomic mass is 16.5. The Labute approximate surface area is 176 Å². The van der Waals surface area contributed by atoms with Gasteiger partial charge in [-0.15, -0.1) is 0 Å². The monoisotopic (exact) mass is 413 g/mol. The molecule has 0 amide bonds. The Morgan fingerprint density at radius 1 is 1.03 bits per heavy atom. The van der Waals surface area contributed by atoms with E-state index in [0.29, 0.717) is 46.2 Å². The second-order valence-corrected chi connectivity index (χ2v) is 6.80. The summed E-state index contributed by atoms with van der Waals surface area (Å²) < 4.78 is 22.0. The number of fused-ring (bicyclic) bond motifs is 1. The number of carbonyl (C=O) groups excluding carboxylic acids is 1. The molecule has 0 saturated heterocycles. The molecule has 2 aromatic rings. The molecule has 1 heterocycles. The Bertz CT molecular complexity index is 953. The Morgan fingerprint density at radius 2 is 1.67 bits per heavy atom. The number of hydrogen-bond donors (Lipinski definition) is 1. The van der Waals surface area contributed by atoms with Crippen LogP contribution in [0.4, 0.5) is 0 Å². The first-order valence-electron chi connectivity index (χ1n) is 9.78. The molecule has 30 heavy (non-hydrogen) atoms. The van der Waals surface area contributed by atoms with Gasteiger partial charge in [-0.25, -0.2) is 0 Å². The van der Waals surface area contributed by atoms with Gasteiger partial charge in [-0.1, -0.05) is 13.8 Å². The van der Waals surface area contributed by atoms with Crippen LogP contribution in [0.2, 0.25) is 0 Å². The number of aromatic hydroxyl groups is 1. The van der Waals surface area contributed by atoms with Crippen molar-refractivity contribution in [2.45, 2.75) is 20.4 Å². The molecule has 0 atom stereocenters. The van der Waals surface area contributed by atoms with Crippen molar-refractivity contribution in [3.63, 3.8) is 0 Å². The van der Waals surface area contributed by atoms with Gasteiger partial charge < -0.3 is 24.1 Å². The third-order valence-corrected chi connectivity index (χ3v) is 5.18. The van der Waals surface area contributed by atoms with Crippen LogP contribution in [0.15, 0.2) is 30.0 Å². The Morgan fingerprint density at radius 3 is 2.20 bits per heavy atom. The van der Waals surface area contributed by atoms with Gasteiger partial charge in [0.25, 0.3) is 0 Å². The summed E-state index contributed by atoms with van der Waals surface area (Å²) >= 11 is 0. The van der Waals surface area contributed by atoms with Crippen molar-refractivity contribution in [2.75, 3.05) is 34.4 Å². The Kier molecular flexibility index (Phi) is 6.52. The quantitative estimate of drug-likeness (QED) is 0.658. The van der Waals surface area contributed by atoms with E-state index >= 15 is 0 Å². The van der Waals surface area contributed by atoms with E-state index in [1.54, 1.807) is 30.3 Å². The summed E-state index contributed by atoms with van der Waals surface area (Å²) in [6, 6.07) is 6.61. The average molecular weight is 413 g/mol. The predicted molar refractivity (Wildman–Crippen MR) is 114 cm³/mol. The summed E-state index contributed by atoms with van der Waals surface area (Å²) in [6.45, 7) is 6.23. The van der Waals surface area contributed by atoms with Gasteiger partial charge in [-0.05, 0) is 49.0 Å². The lowest BCUT2D eigenvalue weighted by Crippen LogP contribution is -2.22. The lowest BCUT2D eigenvalue weighted by atomic mass is 10.0. The number of hydrogen-bond acceptors (Lipinski definition) is 7. The standard InChI is InChI=1S/C23H27NO6/c1-6-24(7-2)13-16-17(25)9-8-15-21(26)18(30-22(15)16)10-14-11-19(27-3)23(29-5)20(12-14)28-4/h8-12,25H,6-7,13H2,1-5H3/b18-10-. The zero-order valence-corrected chi connectivity index (χ0v) is 17.9. The van der Waals surface area contributed by atoms with Crippen molar-refractivity contribution >= 4 is 11.9 Å². The molecule has 0 aliphatic carbocycles. The van der Waals surface area contributed by atoms with Gasteiger partial charge in [0.05, 0.1) is 32.5 Å². The molecule has 1 N–H and O–H groups in total. The predicted octanol–water partition coefficient (Wildman–Crippen LogP) is 3.88. The van der Waals surface area contributed by atoms with E-state index in [1.807, 2.05) is 13.8 Å². The first kappa shape index (κ1) is 21.5. The number of phenols is 1. The molecule has 1 aliphatic heterocycles. The molecular weight excluding hydrogens is 386 g/mol. The number of allylic oxidation sites excluding steroid dienone is 1. The van der Waals surface area contributed by atoms with Crippen molar-refractivity contribution in [2.24, 2.45) is 0 Å². The van der Waals surface area contributed by atoms with E-state index in [0.717, 1.165) is 13.1 Å². The summed E-state index contributed by atoms with van der Waals surface area (Å²) in [7, 11) is 4.59. The van der Waals surface area contributed by atoms with Crippen LogP contribution in [0.3, 0.4) is 0 Å². The maximum Gasteiger partial charge on any atom is 0.231 e. The highest BCUT2D eigenvalue weighted by molar-refractivity contribution is 6.15. The smallest absolute Gasteiger partial charge is 0.231 e. The normalized spacial score (nSPS) is 14.1. The van der Waals surface area contributed by atoms with Crippen molar-refractivity contribution < 1.29 is 28.8 Å². The van der Waals surface area contributed by atoms with Crippen molar-refractivity contribution in [1.82, 2.24) is 4.90 Å². The van der Waals surface area contributed by atoms with Gasteiger partial charge in [0.2, 0.25) is 11.5 Å². The minimum Gasteiger partial charge on any atom is -0.507 e. The molecule has 7 heteroatoms. The molecular formula is C23H27NO6. The van der Waals surface area contributed by atoms with Gasteiger partial charge in [0, 0.05) is 6.54 Å². The number of ether oxygens (including phenoxy) is 4. The van der Waals surface area contributed by atoms with Crippen LogP contribution in [0.5, 0.6) is 28.7 Å².